The molecule has 6 heteroatoms. The zero-order valence-electron chi connectivity index (χ0n) is 17.6. The fraction of sp³-hybridized carbons (Fsp3) is 0.154. The molecule has 1 aliphatic rings. The number of esters is 1. The smallest absolute Gasteiger partial charge is 0.312 e. The van der Waals surface area contributed by atoms with Crippen molar-refractivity contribution in [1.82, 2.24) is 0 Å². The van der Waals surface area contributed by atoms with Crippen LogP contribution in [0.1, 0.15) is 23.5 Å². The van der Waals surface area contributed by atoms with Crippen molar-refractivity contribution in [1.29, 1.82) is 0 Å². The van der Waals surface area contributed by atoms with Crippen LogP contribution in [0.3, 0.4) is 0 Å². The van der Waals surface area contributed by atoms with E-state index in [-0.39, 0.29) is 23.7 Å². The Kier molecular flexibility index (Phi) is 4.90. The largest absolute Gasteiger partial charge is 0.493 e. The van der Waals surface area contributed by atoms with Crippen LogP contribution in [0.2, 0.25) is 0 Å². The third-order valence-corrected chi connectivity index (χ3v) is 5.78. The standard InChI is InChI=1S/C26H20O6/c1-29-20-10-8-16(12-22(20)30-2)18-13-23(27)32-21-11-9-17-25(28)19(14-31-26(17)24(18)21)15-6-4-3-5-7-15/h3-12,14,18H,13H2,1-2H3/t18-/m1/s1. The highest BCUT2D eigenvalue weighted by molar-refractivity contribution is 5.90. The predicted octanol–water partition coefficient (Wildman–Crippen LogP) is 4.92. The van der Waals surface area contributed by atoms with E-state index in [4.69, 9.17) is 18.6 Å². The number of methoxy groups -OCH3 is 2. The topological polar surface area (TPSA) is 75.0 Å². The molecule has 4 aromatic rings. The molecule has 0 unspecified atom stereocenters. The number of benzene rings is 3. The SMILES string of the molecule is COc1ccc([C@H]2CC(=O)Oc3ccc4c(=O)c(-c5ccccc5)coc4c32)cc1OC. The molecule has 1 aliphatic heterocycles. The van der Waals surface area contributed by atoms with Crippen LogP contribution in [0.15, 0.2) is 76.1 Å². The van der Waals surface area contributed by atoms with Gasteiger partial charge in [-0.1, -0.05) is 36.4 Å². The van der Waals surface area contributed by atoms with Gasteiger partial charge in [-0.25, -0.2) is 0 Å². The second-order valence-electron chi connectivity index (χ2n) is 7.54. The Bertz CT molecular complexity index is 1390. The van der Waals surface area contributed by atoms with Crippen molar-refractivity contribution in [2.75, 3.05) is 14.2 Å². The summed E-state index contributed by atoms with van der Waals surface area (Å²) < 4.78 is 22.3. The minimum atomic E-state index is -0.361. The second-order valence-corrected chi connectivity index (χ2v) is 7.54. The monoisotopic (exact) mass is 428 g/mol. The third kappa shape index (κ3) is 3.21. The number of rotatable bonds is 4. The Morgan fingerprint density at radius 2 is 1.69 bits per heavy atom. The summed E-state index contributed by atoms with van der Waals surface area (Å²) in [6.45, 7) is 0. The maximum Gasteiger partial charge on any atom is 0.312 e. The summed E-state index contributed by atoms with van der Waals surface area (Å²) in [6, 6.07) is 18.2. The average Bonchev–Trinajstić information content (AvgIpc) is 2.83. The first-order chi connectivity index (χ1) is 15.6. The molecule has 0 amide bonds. The molecule has 0 radical (unpaired) electrons. The summed E-state index contributed by atoms with van der Waals surface area (Å²) in [7, 11) is 3.13. The van der Waals surface area contributed by atoms with Gasteiger partial charge in [-0.15, -0.1) is 0 Å². The van der Waals surface area contributed by atoms with Gasteiger partial charge in [0.15, 0.2) is 11.5 Å². The summed E-state index contributed by atoms with van der Waals surface area (Å²) in [5.74, 6) is 0.829. The van der Waals surface area contributed by atoms with E-state index in [1.807, 2.05) is 42.5 Å². The van der Waals surface area contributed by atoms with Crippen LogP contribution in [-0.4, -0.2) is 20.2 Å². The maximum atomic E-state index is 13.3. The van der Waals surface area contributed by atoms with Crippen molar-refractivity contribution in [3.63, 3.8) is 0 Å². The van der Waals surface area contributed by atoms with Crippen LogP contribution in [0.4, 0.5) is 0 Å². The lowest BCUT2D eigenvalue weighted by molar-refractivity contribution is -0.135. The molecule has 2 heterocycles. The Balaban J connectivity index is 1.72. The van der Waals surface area contributed by atoms with E-state index < -0.39 is 0 Å². The third-order valence-electron chi connectivity index (χ3n) is 5.78. The highest BCUT2D eigenvalue weighted by atomic mass is 16.5. The van der Waals surface area contributed by atoms with Gasteiger partial charge in [0.05, 0.1) is 31.6 Å². The van der Waals surface area contributed by atoms with Crippen molar-refractivity contribution in [2.45, 2.75) is 12.3 Å². The molecule has 160 valence electrons. The minimum absolute atomic E-state index is 0.117. The van der Waals surface area contributed by atoms with Gasteiger partial charge in [0.25, 0.3) is 0 Å². The van der Waals surface area contributed by atoms with Gasteiger partial charge in [-0.2, -0.15) is 0 Å². The molecule has 0 aliphatic carbocycles. The first-order valence-electron chi connectivity index (χ1n) is 10.2. The van der Waals surface area contributed by atoms with Crippen LogP contribution in [0.25, 0.3) is 22.1 Å². The van der Waals surface area contributed by atoms with Gasteiger partial charge >= 0.3 is 5.97 Å². The lowest BCUT2D eigenvalue weighted by Crippen LogP contribution is -2.22. The molecular weight excluding hydrogens is 408 g/mol. The van der Waals surface area contributed by atoms with Gasteiger partial charge in [-0.3, -0.25) is 9.59 Å². The molecule has 3 aromatic carbocycles. The lowest BCUT2D eigenvalue weighted by atomic mass is 9.85. The van der Waals surface area contributed by atoms with Crippen molar-refractivity contribution < 1.29 is 23.4 Å². The second kappa shape index (κ2) is 7.89. The molecule has 0 saturated carbocycles. The van der Waals surface area contributed by atoms with Crippen molar-refractivity contribution >= 4 is 16.9 Å². The van der Waals surface area contributed by atoms with Crippen molar-refractivity contribution in [3.8, 4) is 28.4 Å². The molecule has 0 N–H and O–H groups in total. The van der Waals surface area contributed by atoms with E-state index in [2.05, 4.69) is 0 Å². The quantitative estimate of drug-likeness (QED) is 0.339. The van der Waals surface area contributed by atoms with Crippen LogP contribution in [-0.2, 0) is 4.79 Å². The normalized spacial score (nSPS) is 15.2. The van der Waals surface area contributed by atoms with E-state index in [1.165, 1.54) is 6.26 Å². The number of fused-ring (bicyclic) bond motifs is 3. The maximum absolute atomic E-state index is 13.3. The van der Waals surface area contributed by atoms with E-state index in [0.717, 1.165) is 11.1 Å². The summed E-state index contributed by atoms with van der Waals surface area (Å²) >= 11 is 0. The van der Waals surface area contributed by atoms with E-state index in [1.54, 1.807) is 32.4 Å². The van der Waals surface area contributed by atoms with Crippen molar-refractivity contribution in [3.05, 3.63) is 88.3 Å². The molecule has 6 nitrogen and oxygen atoms in total. The van der Waals surface area contributed by atoms with Gasteiger partial charge < -0.3 is 18.6 Å². The Labute approximate surface area is 184 Å². The average molecular weight is 428 g/mol. The number of hydrogen-bond acceptors (Lipinski definition) is 6. The molecule has 32 heavy (non-hydrogen) atoms. The molecule has 0 saturated heterocycles. The van der Waals surface area contributed by atoms with Gasteiger partial charge in [0.1, 0.15) is 17.6 Å². The fourth-order valence-electron chi connectivity index (χ4n) is 4.23. The molecule has 0 spiro atoms. The first-order valence-corrected chi connectivity index (χ1v) is 10.2. The molecule has 1 atom stereocenters. The fourth-order valence-corrected chi connectivity index (χ4v) is 4.23. The van der Waals surface area contributed by atoms with E-state index >= 15 is 0 Å². The predicted molar refractivity (Wildman–Crippen MR) is 120 cm³/mol. The zero-order chi connectivity index (χ0) is 22.2. The highest BCUT2D eigenvalue weighted by Crippen LogP contribution is 2.44. The highest BCUT2D eigenvalue weighted by Gasteiger charge is 2.32. The van der Waals surface area contributed by atoms with Crippen LogP contribution in [0.5, 0.6) is 17.2 Å². The Morgan fingerprint density at radius 3 is 2.44 bits per heavy atom. The van der Waals surface area contributed by atoms with Crippen LogP contribution < -0.4 is 19.6 Å². The number of carbonyl (C=O) groups excluding carboxylic acids is 1. The summed E-state index contributed by atoms with van der Waals surface area (Å²) in [4.78, 5) is 25.7. The molecule has 1 aromatic heterocycles. The molecule has 0 fully saturated rings. The Morgan fingerprint density at radius 1 is 0.906 bits per heavy atom. The number of hydrogen-bond donors (Lipinski definition) is 0. The summed E-state index contributed by atoms with van der Waals surface area (Å²) in [5, 5.41) is 0.438. The van der Waals surface area contributed by atoms with Crippen LogP contribution in [0, 0.1) is 0 Å². The van der Waals surface area contributed by atoms with Gasteiger partial charge in [0, 0.05) is 11.5 Å². The van der Waals surface area contributed by atoms with Gasteiger partial charge in [-0.05, 0) is 35.4 Å². The number of carbonyl (C=O) groups is 1. The van der Waals surface area contributed by atoms with E-state index in [9.17, 15) is 9.59 Å². The minimum Gasteiger partial charge on any atom is -0.493 e. The zero-order valence-corrected chi connectivity index (χ0v) is 17.6. The summed E-state index contributed by atoms with van der Waals surface area (Å²) in [6.07, 6.45) is 1.59. The lowest BCUT2D eigenvalue weighted by Gasteiger charge is -2.26. The van der Waals surface area contributed by atoms with Crippen LogP contribution >= 0.6 is 0 Å². The first kappa shape index (κ1) is 19.9. The van der Waals surface area contributed by atoms with Gasteiger partial charge in [0.2, 0.25) is 5.43 Å². The molecule has 0 bridgehead atoms. The molecule has 5 rings (SSSR count). The molecular formula is C26H20O6. The van der Waals surface area contributed by atoms with E-state index in [0.29, 0.717) is 39.3 Å². The van der Waals surface area contributed by atoms with Crippen molar-refractivity contribution in [2.24, 2.45) is 0 Å². The number of ether oxygens (including phenoxy) is 3. The Hall–Kier alpha value is -4.06. The summed E-state index contributed by atoms with van der Waals surface area (Å²) in [5.41, 5.74) is 3.05.